The molecule has 20 heavy (non-hydrogen) atoms. The van der Waals surface area contributed by atoms with E-state index in [0.29, 0.717) is 12.5 Å². The maximum atomic E-state index is 12.3. The van der Waals surface area contributed by atoms with Crippen molar-refractivity contribution >= 4 is 17.7 Å². The Labute approximate surface area is 125 Å². The second-order valence-electron chi connectivity index (χ2n) is 5.19. The van der Waals surface area contributed by atoms with Crippen LogP contribution in [0, 0.1) is 5.92 Å². The summed E-state index contributed by atoms with van der Waals surface area (Å²) in [6.07, 6.45) is 2.23. The summed E-state index contributed by atoms with van der Waals surface area (Å²) in [6, 6.07) is 10.4. The third-order valence-electron chi connectivity index (χ3n) is 3.80. The number of carbonyl (C=O) groups excluding carboxylic acids is 1. The number of ether oxygens (including phenoxy) is 1. The second kappa shape index (κ2) is 7.14. The molecule has 1 aliphatic rings. The summed E-state index contributed by atoms with van der Waals surface area (Å²) in [5.74, 6) is 2.03. The first-order valence-corrected chi connectivity index (χ1v) is 8.36. The molecule has 110 valence electrons. The second-order valence-corrected chi connectivity index (χ2v) is 6.18. The van der Waals surface area contributed by atoms with E-state index in [2.05, 4.69) is 17.4 Å². The van der Waals surface area contributed by atoms with Crippen molar-refractivity contribution < 1.29 is 9.53 Å². The van der Waals surface area contributed by atoms with Crippen LogP contribution in [0.2, 0.25) is 0 Å². The number of thioether (sulfide) groups is 1. The van der Waals surface area contributed by atoms with Crippen molar-refractivity contribution in [2.24, 2.45) is 5.92 Å². The van der Waals surface area contributed by atoms with Crippen molar-refractivity contribution in [3.8, 4) is 0 Å². The lowest BCUT2D eigenvalue weighted by molar-refractivity contribution is -0.150. The molecule has 0 spiro atoms. The molecule has 1 aromatic carbocycles. The SMILES string of the molecule is CCOC(=O)C(CSCc1ccccc1)(NC)C1CC1. The predicted octanol–water partition coefficient (Wildman–Crippen LogP) is 2.85. The zero-order valence-electron chi connectivity index (χ0n) is 12.2. The summed E-state index contributed by atoms with van der Waals surface area (Å²) in [7, 11) is 1.87. The van der Waals surface area contributed by atoms with Crippen LogP contribution in [0.15, 0.2) is 30.3 Å². The third kappa shape index (κ3) is 3.55. The smallest absolute Gasteiger partial charge is 0.327 e. The molecule has 1 aromatic rings. The Hall–Kier alpha value is -1.00. The van der Waals surface area contributed by atoms with E-state index in [4.69, 9.17) is 4.74 Å². The number of hydrogen-bond acceptors (Lipinski definition) is 4. The normalized spacial score (nSPS) is 17.5. The molecule has 1 unspecified atom stereocenters. The largest absolute Gasteiger partial charge is 0.465 e. The van der Waals surface area contributed by atoms with Crippen molar-refractivity contribution in [2.75, 3.05) is 19.4 Å². The van der Waals surface area contributed by atoms with E-state index in [1.807, 2.05) is 32.2 Å². The van der Waals surface area contributed by atoms with Crippen molar-refractivity contribution in [1.82, 2.24) is 5.32 Å². The summed E-state index contributed by atoms with van der Waals surface area (Å²) in [4.78, 5) is 12.3. The molecule has 1 saturated carbocycles. The number of likely N-dealkylation sites (N-methyl/N-ethyl adjacent to an activating group) is 1. The predicted molar refractivity (Wildman–Crippen MR) is 83.8 cm³/mol. The summed E-state index contributed by atoms with van der Waals surface area (Å²) in [5.41, 5.74) is 0.789. The topological polar surface area (TPSA) is 38.3 Å². The summed E-state index contributed by atoms with van der Waals surface area (Å²) in [5, 5.41) is 3.25. The minimum atomic E-state index is -0.505. The van der Waals surface area contributed by atoms with Crippen LogP contribution in [0.5, 0.6) is 0 Å². The van der Waals surface area contributed by atoms with Crippen LogP contribution in [0.3, 0.4) is 0 Å². The maximum absolute atomic E-state index is 12.3. The van der Waals surface area contributed by atoms with Gasteiger partial charge in [-0.1, -0.05) is 30.3 Å². The van der Waals surface area contributed by atoms with Gasteiger partial charge in [0, 0.05) is 11.5 Å². The molecule has 0 saturated heterocycles. The minimum absolute atomic E-state index is 0.0921. The molecule has 0 heterocycles. The molecule has 1 atom stereocenters. The Balaban J connectivity index is 1.96. The van der Waals surface area contributed by atoms with Gasteiger partial charge in [-0.15, -0.1) is 0 Å². The zero-order valence-corrected chi connectivity index (χ0v) is 13.0. The fourth-order valence-corrected chi connectivity index (χ4v) is 3.81. The summed E-state index contributed by atoms with van der Waals surface area (Å²) < 4.78 is 5.29. The van der Waals surface area contributed by atoms with Crippen LogP contribution in [0.4, 0.5) is 0 Å². The minimum Gasteiger partial charge on any atom is -0.465 e. The fraction of sp³-hybridized carbons (Fsp3) is 0.562. The molecule has 0 bridgehead atoms. The van der Waals surface area contributed by atoms with Crippen molar-refractivity contribution in [2.45, 2.75) is 31.1 Å². The lowest BCUT2D eigenvalue weighted by Crippen LogP contribution is -2.55. The fourth-order valence-electron chi connectivity index (χ4n) is 2.46. The van der Waals surface area contributed by atoms with Crippen molar-refractivity contribution in [3.05, 3.63) is 35.9 Å². The Morgan fingerprint density at radius 3 is 2.65 bits per heavy atom. The number of hydrogen-bond donors (Lipinski definition) is 1. The maximum Gasteiger partial charge on any atom is 0.327 e. The van der Waals surface area contributed by atoms with Gasteiger partial charge in [0.2, 0.25) is 0 Å². The third-order valence-corrected chi connectivity index (χ3v) is 5.00. The first-order valence-electron chi connectivity index (χ1n) is 7.20. The molecule has 2 rings (SSSR count). The number of nitrogens with one attached hydrogen (secondary N) is 1. The van der Waals surface area contributed by atoms with Gasteiger partial charge in [0.15, 0.2) is 0 Å². The Morgan fingerprint density at radius 2 is 2.10 bits per heavy atom. The average molecular weight is 293 g/mol. The lowest BCUT2D eigenvalue weighted by atomic mass is 9.96. The van der Waals surface area contributed by atoms with Gasteiger partial charge in [-0.3, -0.25) is 4.79 Å². The van der Waals surface area contributed by atoms with Crippen LogP contribution in [0.25, 0.3) is 0 Å². The molecular formula is C16H23NO2S. The van der Waals surface area contributed by atoms with Gasteiger partial charge >= 0.3 is 5.97 Å². The van der Waals surface area contributed by atoms with E-state index < -0.39 is 5.54 Å². The molecule has 3 nitrogen and oxygen atoms in total. The molecule has 4 heteroatoms. The highest BCUT2D eigenvalue weighted by atomic mass is 32.2. The molecule has 0 amide bonds. The van der Waals surface area contributed by atoms with Crippen molar-refractivity contribution in [3.63, 3.8) is 0 Å². The van der Waals surface area contributed by atoms with Crippen LogP contribution in [0.1, 0.15) is 25.3 Å². The van der Waals surface area contributed by atoms with E-state index in [-0.39, 0.29) is 5.97 Å². The van der Waals surface area contributed by atoms with E-state index in [1.54, 1.807) is 11.8 Å². The first-order chi connectivity index (χ1) is 9.73. The molecule has 1 aliphatic carbocycles. The number of esters is 1. The van der Waals surface area contributed by atoms with E-state index in [9.17, 15) is 4.79 Å². The van der Waals surface area contributed by atoms with E-state index in [1.165, 1.54) is 5.56 Å². The van der Waals surface area contributed by atoms with Crippen LogP contribution < -0.4 is 5.32 Å². The van der Waals surface area contributed by atoms with Crippen molar-refractivity contribution in [1.29, 1.82) is 0 Å². The Kier molecular flexibility index (Phi) is 5.49. The van der Waals surface area contributed by atoms with Crippen LogP contribution in [-0.2, 0) is 15.3 Å². The number of benzene rings is 1. The van der Waals surface area contributed by atoms with Gasteiger partial charge < -0.3 is 10.1 Å². The van der Waals surface area contributed by atoms with E-state index >= 15 is 0 Å². The van der Waals surface area contributed by atoms with Gasteiger partial charge in [-0.25, -0.2) is 0 Å². The number of rotatable bonds is 8. The standard InChI is InChI=1S/C16H23NO2S/c1-3-19-15(18)16(17-2,14-9-10-14)12-20-11-13-7-5-4-6-8-13/h4-8,14,17H,3,9-12H2,1-2H3. The van der Waals surface area contributed by atoms with E-state index in [0.717, 1.165) is 24.3 Å². The zero-order chi connectivity index (χ0) is 14.4. The average Bonchev–Trinajstić information content (AvgIpc) is 3.30. The summed E-state index contributed by atoms with van der Waals surface area (Å²) >= 11 is 1.80. The molecule has 0 radical (unpaired) electrons. The highest BCUT2D eigenvalue weighted by Crippen LogP contribution is 2.42. The Morgan fingerprint density at radius 1 is 1.40 bits per heavy atom. The van der Waals surface area contributed by atoms with Crippen LogP contribution >= 0.6 is 11.8 Å². The monoisotopic (exact) mass is 293 g/mol. The van der Waals surface area contributed by atoms with Gasteiger partial charge in [0.1, 0.15) is 5.54 Å². The quantitative estimate of drug-likeness (QED) is 0.748. The van der Waals surface area contributed by atoms with Gasteiger partial charge in [-0.2, -0.15) is 11.8 Å². The molecule has 1 fully saturated rings. The van der Waals surface area contributed by atoms with Gasteiger partial charge in [0.25, 0.3) is 0 Å². The highest BCUT2D eigenvalue weighted by Gasteiger charge is 2.50. The Bertz CT molecular complexity index is 433. The molecule has 0 aliphatic heterocycles. The summed E-state index contributed by atoms with van der Waals surface area (Å²) in [6.45, 7) is 2.31. The van der Waals surface area contributed by atoms with Crippen LogP contribution in [-0.4, -0.2) is 30.9 Å². The number of carbonyl (C=O) groups is 1. The molecular weight excluding hydrogens is 270 g/mol. The first kappa shape index (κ1) is 15.4. The highest BCUT2D eigenvalue weighted by molar-refractivity contribution is 7.98. The molecule has 0 aromatic heterocycles. The lowest BCUT2D eigenvalue weighted by Gasteiger charge is -2.31. The van der Waals surface area contributed by atoms with Gasteiger partial charge in [0.05, 0.1) is 6.61 Å². The molecule has 1 N–H and O–H groups in total. The van der Waals surface area contributed by atoms with Gasteiger partial charge in [-0.05, 0) is 38.3 Å².